The van der Waals surface area contributed by atoms with E-state index < -0.39 is 0 Å². The molecule has 1 aliphatic heterocycles. The second-order valence-corrected chi connectivity index (χ2v) is 7.85. The standard InChI is InChI=1S/C19H17ClN4OS2/c1-3-24-11(2)15(18-22-17(23-25-18)14-8-5-9-27-14)16(21-19(24)26)12-6-4-7-13(20)10-12/h4-10,16H,3H2,1-2H3,(H,21,26). The van der Waals surface area contributed by atoms with Crippen molar-refractivity contribution in [3.05, 3.63) is 64.0 Å². The quantitative estimate of drug-likeness (QED) is 0.595. The number of allylic oxidation sites excluding steroid dienone is 1. The Morgan fingerprint density at radius 3 is 2.89 bits per heavy atom. The lowest BCUT2D eigenvalue weighted by Gasteiger charge is -2.36. The molecule has 138 valence electrons. The molecule has 27 heavy (non-hydrogen) atoms. The van der Waals surface area contributed by atoms with Crippen LogP contribution in [0.5, 0.6) is 0 Å². The van der Waals surface area contributed by atoms with Gasteiger partial charge in [-0.05, 0) is 55.2 Å². The van der Waals surface area contributed by atoms with E-state index in [4.69, 9.17) is 28.3 Å². The average Bonchev–Trinajstić information content (AvgIpc) is 3.33. The molecule has 0 amide bonds. The van der Waals surface area contributed by atoms with Crippen molar-refractivity contribution in [1.82, 2.24) is 20.4 Å². The first-order valence-electron chi connectivity index (χ1n) is 8.50. The molecule has 0 fully saturated rings. The summed E-state index contributed by atoms with van der Waals surface area (Å²) < 4.78 is 5.65. The van der Waals surface area contributed by atoms with E-state index in [1.54, 1.807) is 11.3 Å². The first kappa shape index (κ1) is 18.2. The van der Waals surface area contributed by atoms with Crippen molar-refractivity contribution in [2.24, 2.45) is 0 Å². The van der Waals surface area contributed by atoms with Crippen LogP contribution in [0.4, 0.5) is 0 Å². The normalized spacial score (nSPS) is 17.4. The molecule has 0 radical (unpaired) electrons. The predicted molar refractivity (Wildman–Crippen MR) is 113 cm³/mol. The largest absolute Gasteiger partial charge is 0.351 e. The molecule has 3 aromatic rings. The van der Waals surface area contributed by atoms with Crippen molar-refractivity contribution in [2.45, 2.75) is 19.9 Å². The van der Waals surface area contributed by atoms with E-state index in [0.717, 1.165) is 28.3 Å². The van der Waals surface area contributed by atoms with Crippen LogP contribution in [0.3, 0.4) is 0 Å². The van der Waals surface area contributed by atoms with Crippen molar-refractivity contribution in [3.63, 3.8) is 0 Å². The molecular formula is C19H17ClN4OS2. The van der Waals surface area contributed by atoms with Crippen LogP contribution in [0, 0.1) is 0 Å². The Morgan fingerprint density at radius 1 is 1.33 bits per heavy atom. The minimum absolute atomic E-state index is 0.212. The van der Waals surface area contributed by atoms with Crippen molar-refractivity contribution >= 4 is 45.8 Å². The molecule has 0 saturated carbocycles. The number of nitrogens with one attached hydrogen (secondary N) is 1. The fraction of sp³-hybridized carbons (Fsp3) is 0.211. The molecule has 3 heterocycles. The summed E-state index contributed by atoms with van der Waals surface area (Å²) in [5, 5.41) is 10.9. The first-order valence-corrected chi connectivity index (χ1v) is 10.2. The van der Waals surface area contributed by atoms with E-state index in [1.165, 1.54) is 0 Å². The average molecular weight is 417 g/mol. The van der Waals surface area contributed by atoms with Crippen LogP contribution in [0.1, 0.15) is 31.3 Å². The lowest BCUT2D eigenvalue weighted by molar-refractivity contribution is 0.398. The smallest absolute Gasteiger partial charge is 0.258 e. The summed E-state index contributed by atoms with van der Waals surface area (Å²) in [7, 11) is 0. The molecule has 1 aromatic carbocycles. The van der Waals surface area contributed by atoms with Gasteiger partial charge < -0.3 is 14.7 Å². The molecule has 0 spiro atoms. The highest BCUT2D eigenvalue weighted by Gasteiger charge is 2.33. The van der Waals surface area contributed by atoms with Crippen LogP contribution >= 0.6 is 35.2 Å². The monoisotopic (exact) mass is 416 g/mol. The lowest BCUT2D eigenvalue weighted by atomic mass is 9.95. The van der Waals surface area contributed by atoms with Gasteiger partial charge in [-0.3, -0.25) is 0 Å². The zero-order valence-corrected chi connectivity index (χ0v) is 17.2. The van der Waals surface area contributed by atoms with E-state index in [9.17, 15) is 0 Å². The highest BCUT2D eigenvalue weighted by Crippen LogP contribution is 2.38. The Hall–Kier alpha value is -2.22. The molecular weight excluding hydrogens is 400 g/mol. The van der Waals surface area contributed by atoms with Gasteiger partial charge in [0.1, 0.15) is 0 Å². The Labute approximate surface area is 171 Å². The van der Waals surface area contributed by atoms with Gasteiger partial charge in [0.25, 0.3) is 5.89 Å². The third-order valence-electron chi connectivity index (χ3n) is 4.49. The number of thiocarbonyl (C=S) groups is 1. The molecule has 8 heteroatoms. The van der Waals surface area contributed by atoms with Gasteiger partial charge in [0.15, 0.2) is 5.11 Å². The molecule has 5 nitrogen and oxygen atoms in total. The molecule has 1 atom stereocenters. The van der Waals surface area contributed by atoms with Gasteiger partial charge in [0.2, 0.25) is 5.82 Å². The van der Waals surface area contributed by atoms with Gasteiger partial charge in [0, 0.05) is 17.3 Å². The molecule has 2 aromatic heterocycles. The summed E-state index contributed by atoms with van der Waals surface area (Å²) in [5.74, 6) is 1.07. The Balaban J connectivity index is 1.84. The third kappa shape index (κ3) is 3.38. The number of halogens is 1. The highest BCUT2D eigenvalue weighted by atomic mass is 35.5. The maximum atomic E-state index is 6.22. The molecule has 0 bridgehead atoms. The predicted octanol–water partition coefficient (Wildman–Crippen LogP) is 5.13. The zero-order chi connectivity index (χ0) is 19.0. The van der Waals surface area contributed by atoms with E-state index >= 15 is 0 Å². The Bertz CT molecular complexity index is 1010. The van der Waals surface area contributed by atoms with Crippen LogP contribution in [0.2, 0.25) is 5.02 Å². The van der Waals surface area contributed by atoms with Crippen LogP contribution in [0.25, 0.3) is 16.3 Å². The van der Waals surface area contributed by atoms with Gasteiger partial charge >= 0.3 is 0 Å². The van der Waals surface area contributed by atoms with Crippen LogP contribution in [-0.4, -0.2) is 26.7 Å². The van der Waals surface area contributed by atoms with Crippen molar-refractivity contribution < 1.29 is 4.52 Å². The highest BCUT2D eigenvalue weighted by molar-refractivity contribution is 7.80. The molecule has 1 N–H and O–H groups in total. The zero-order valence-electron chi connectivity index (χ0n) is 14.8. The number of hydrogen-bond donors (Lipinski definition) is 1. The topological polar surface area (TPSA) is 54.2 Å². The summed E-state index contributed by atoms with van der Waals surface area (Å²) >= 11 is 13.4. The van der Waals surface area contributed by atoms with Crippen LogP contribution < -0.4 is 5.32 Å². The number of benzene rings is 1. The van der Waals surface area contributed by atoms with E-state index in [2.05, 4.69) is 22.4 Å². The maximum absolute atomic E-state index is 6.22. The van der Waals surface area contributed by atoms with E-state index in [0.29, 0.717) is 21.9 Å². The molecule has 0 aliphatic carbocycles. The molecule has 4 rings (SSSR count). The molecule has 1 unspecified atom stereocenters. The maximum Gasteiger partial charge on any atom is 0.258 e. The number of hydrogen-bond acceptors (Lipinski definition) is 5. The summed E-state index contributed by atoms with van der Waals surface area (Å²) in [5.41, 5.74) is 2.89. The van der Waals surface area contributed by atoms with E-state index in [1.807, 2.05) is 53.6 Å². The van der Waals surface area contributed by atoms with Crippen LogP contribution in [-0.2, 0) is 0 Å². The Morgan fingerprint density at radius 2 is 2.19 bits per heavy atom. The fourth-order valence-electron chi connectivity index (χ4n) is 3.21. The van der Waals surface area contributed by atoms with Gasteiger partial charge in [0.05, 0.1) is 16.5 Å². The van der Waals surface area contributed by atoms with Gasteiger partial charge in [-0.2, -0.15) is 4.98 Å². The molecule has 1 aliphatic rings. The first-order chi connectivity index (χ1) is 13.1. The molecule has 0 saturated heterocycles. The van der Waals surface area contributed by atoms with Gasteiger partial charge in [-0.1, -0.05) is 35.0 Å². The SMILES string of the molecule is CCN1C(=S)NC(c2cccc(Cl)c2)C(c2nc(-c3cccs3)no2)=C1C. The second-order valence-electron chi connectivity index (χ2n) is 6.08. The van der Waals surface area contributed by atoms with Gasteiger partial charge in [-0.25, -0.2) is 0 Å². The number of aromatic nitrogens is 2. The Kier molecular flexibility index (Phi) is 4.99. The van der Waals surface area contributed by atoms with Gasteiger partial charge in [-0.15, -0.1) is 11.3 Å². The minimum Gasteiger partial charge on any atom is -0.351 e. The summed E-state index contributed by atoms with van der Waals surface area (Å²) in [4.78, 5) is 7.65. The van der Waals surface area contributed by atoms with E-state index in [-0.39, 0.29) is 6.04 Å². The van der Waals surface area contributed by atoms with Crippen LogP contribution in [0.15, 0.2) is 52.0 Å². The third-order valence-corrected chi connectivity index (χ3v) is 5.93. The summed E-state index contributed by atoms with van der Waals surface area (Å²) in [6, 6.07) is 11.4. The number of thiophene rings is 1. The minimum atomic E-state index is -0.212. The van der Waals surface area contributed by atoms with Crippen molar-refractivity contribution in [1.29, 1.82) is 0 Å². The number of nitrogens with zero attached hydrogens (tertiary/aromatic N) is 3. The van der Waals surface area contributed by atoms with Crippen molar-refractivity contribution in [2.75, 3.05) is 6.54 Å². The number of rotatable bonds is 4. The summed E-state index contributed by atoms with van der Waals surface area (Å²) in [6.07, 6.45) is 0. The van der Waals surface area contributed by atoms with Crippen molar-refractivity contribution in [3.8, 4) is 10.7 Å². The fourth-order valence-corrected chi connectivity index (χ4v) is 4.45. The summed E-state index contributed by atoms with van der Waals surface area (Å²) in [6.45, 7) is 4.83. The lowest BCUT2D eigenvalue weighted by Crippen LogP contribution is -2.45. The second kappa shape index (κ2) is 7.42.